The van der Waals surface area contributed by atoms with E-state index >= 15 is 0 Å². The number of carbonyl (C=O) groups excluding carboxylic acids is 4. The van der Waals surface area contributed by atoms with Gasteiger partial charge in [-0.1, -0.05) is 24.8 Å². The maximum atomic E-state index is 13.0. The topological polar surface area (TPSA) is 217 Å². The second kappa shape index (κ2) is 11.1. The van der Waals surface area contributed by atoms with Gasteiger partial charge in [-0.3, -0.25) is 14.1 Å². The highest BCUT2D eigenvalue weighted by Crippen LogP contribution is 2.25. The number of carbonyl (C=O) groups is 4. The molecule has 0 aromatic carbocycles. The standard InChI is InChI=1S/C19H29N5O10S2Si/c1-19(2,17(28)33-7-8-37(4,5)6)34-23-11(10-9-35-18(20)21-10)14(25)22-12-13(16(27)32-3)24(15(12)26)36(29,30)31/h9,12-13H,7-8H2,1-6H3,(H2,20,21)(H,22,25)(H,29,30,31)/b23-11-. The molecule has 0 spiro atoms. The first kappa shape index (κ1) is 30.1. The molecule has 2 rings (SSSR count). The summed E-state index contributed by atoms with van der Waals surface area (Å²) in [6.45, 7) is 9.26. The van der Waals surface area contributed by atoms with Crippen LogP contribution in [0.3, 0.4) is 0 Å². The van der Waals surface area contributed by atoms with Gasteiger partial charge in [-0.2, -0.15) is 12.7 Å². The van der Waals surface area contributed by atoms with Crippen LogP contribution in [0.15, 0.2) is 10.5 Å². The van der Waals surface area contributed by atoms with E-state index in [1.807, 2.05) is 0 Å². The van der Waals surface area contributed by atoms with Crippen molar-refractivity contribution in [3.05, 3.63) is 11.1 Å². The zero-order valence-corrected chi connectivity index (χ0v) is 23.6. The lowest BCUT2D eigenvalue weighted by Crippen LogP contribution is -2.74. The highest BCUT2D eigenvalue weighted by atomic mass is 32.2. The van der Waals surface area contributed by atoms with Gasteiger partial charge >= 0.3 is 22.2 Å². The van der Waals surface area contributed by atoms with Crippen molar-refractivity contribution >= 4 is 64.3 Å². The van der Waals surface area contributed by atoms with E-state index in [0.29, 0.717) is 0 Å². The Hall–Kier alpha value is -3.09. The summed E-state index contributed by atoms with van der Waals surface area (Å²) in [4.78, 5) is 59.2. The van der Waals surface area contributed by atoms with Crippen molar-refractivity contribution in [2.45, 2.75) is 57.2 Å². The van der Waals surface area contributed by atoms with Gasteiger partial charge in [0.2, 0.25) is 5.60 Å². The highest BCUT2D eigenvalue weighted by Gasteiger charge is 2.58. The number of nitrogens with two attached hydrogens (primary N) is 1. The molecule has 2 unspecified atom stereocenters. The molecule has 2 amide bonds. The average Bonchev–Trinajstić information content (AvgIpc) is 3.18. The fourth-order valence-corrected chi connectivity index (χ4v) is 4.94. The van der Waals surface area contributed by atoms with Gasteiger partial charge in [-0.25, -0.2) is 14.6 Å². The van der Waals surface area contributed by atoms with Crippen molar-refractivity contribution in [2.75, 3.05) is 19.5 Å². The minimum atomic E-state index is -5.11. The average molecular weight is 580 g/mol. The van der Waals surface area contributed by atoms with Crippen molar-refractivity contribution in [2.24, 2.45) is 5.16 Å². The third kappa shape index (κ3) is 7.46. The molecular formula is C19H29N5O10S2Si. The van der Waals surface area contributed by atoms with E-state index in [-0.39, 0.29) is 21.7 Å². The molecule has 1 fully saturated rings. The van der Waals surface area contributed by atoms with Gasteiger partial charge in [-0.15, -0.1) is 11.3 Å². The van der Waals surface area contributed by atoms with Gasteiger partial charge < -0.3 is 25.4 Å². The van der Waals surface area contributed by atoms with E-state index in [1.165, 1.54) is 19.2 Å². The van der Waals surface area contributed by atoms with Crippen molar-refractivity contribution < 1.29 is 46.5 Å². The molecule has 1 saturated heterocycles. The molecule has 4 N–H and O–H groups in total. The van der Waals surface area contributed by atoms with E-state index in [1.54, 1.807) is 0 Å². The first-order valence-corrected chi connectivity index (χ1v) is 16.7. The predicted molar refractivity (Wildman–Crippen MR) is 133 cm³/mol. The molecule has 1 aromatic heterocycles. The number of oxime groups is 1. The van der Waals surface area contributed by atoms with Crippen LogP contribution in [0.2, 0.25) is 25.7 Å². The zero-order valence-electron chi connectivity index (χ0n) is 21.0. The number of nitrogens with zero attached hydrogens (tertiary/aromatic N) is 3. The maximum absolute atomic E-state index is 13.0. The number of amides is 2. The zero-order chi connectivity index (χ0) is 28.3. The lowest BCUT2D eigenvalue weighted by atomic mass is 9.98. The monoisotopic (exact) mass is 579 g/mol. The fourth-order valence-electron chi connectivity index (χ4n) is 2.84. The molecule has 1 aliphatic heterocycles. The molecule has 0 radical (unpaired) electrons. The number of β-lactam (4-membered cyclic amide) rings is 1. The number of nitrogens with one attached hydrogen (secondary N) is 1. The minimum Gasteiger partial charge on any atom is -0.467 e. The van der Waals surface area contributed by atoms with Crippen molar-refractivity contribution in [3.63, 3.8) is 0 Å². The third-order valence-electron chi connectivity index (χ3n) is 4.95. The summed E-state index contributed by atoms with van der Waals surface area (Å²) in [6.07, 6.45) is 0. The Balaban J connectivity index is 2.27. The molecule has 0 aliphatic carbocycles. The van der Waals surface area contributed by atoms with Crippen LogP contribution >= 0.6 is 11.3 Å². The number of thiazole rings is 1. The van der Waals surface area contributed by atoms with Crippen molar-refractivity contribution in [1.29, 1.82) is 0 Å². The van der Waals surface area contributed by atoms with Gasteiger partial charge in [0.1, 0.15) is 11.7 Å². The SMILES string of the molecule is COC(=O)C1C(NC(=O)/C(=N\OC(C)(C)C(=O)OCC[Si](C)(C)C)c2csc(N)n2)C(=O)N1S(=O)(=O)O. The van der Waals surface area contributed by atoms with Gasteiger partial charge in [0.15, 0.2) is 16.9 Å². The minimum absolute atomic E-state index is 0.0604. The van der Waals surface area contributed by atoms with E-state index < -0.39 is 65.5 Å². The van der Waals surface area contributed by atoms with Gasteiger partial charge in [-0.05, 0) is 19.9 Å². The molecule has 37 heavy (non-hydrogen) atoms. The first-order chi connectivity index (χ1) is 16.9. The van der Waals surface area contributed by atoms with E-state index in [2.05, 4.69) is 39.8 Å². The fraction of sp³-hybridized carbons (Fsp3) is 0.579. The Labute approximate surface area is 218 Å². The van der Waals surface area contributed by atoms with E-state index in [9.17, 15) is 32.1 Å². The number of methoxy groups -OCH3 is 1. The van der Waals surface area contributed by atoms with Crippen LogP contribution in [-0.4, -0.2) is 91.2 Å². The Morgan fingerprint density at radius 1 is 1.32 bits per heavy atom. The lowest BCUT2D eigenvalue weighted by Gasteiger charge is -2.41. The van der Waals surface area contributed by atoms with E-state index in [4.69, 9.17) is 15.3 Å². The normalized spacial score (nSPS) is 18.6. The van der Waals surface area contributed by atoms with Crippen LogP contribution in [0.1, 0.15) is 19.5 Å². The molecule has 1 aliphatic rings. The van der Waals surface area contributed by atoms with E-state index in [0.717, 1.165) is 24.5 Å². The number of ether oxygens (including phenoxy) is 2. The molecule has 0 saturated carbocycles. The van der Waals surface area contributed by atoms with Crippen LogP contribution < -0.4 is 11.1 Å². The van der Waals surface area contributed by atoms with Crippen LogP contribution in [-0.2, 0) is 43.8 Å². The van der Waals surface area contributed by atoms with Gasteiger partial charge in [0.05, 0.1) is 13.7 Å². The number of hydrogen-bond acceptors (Lipinski definition) is 13. The summed E-state index contributed by atoms with van der Waals surface area (Å²) >= 11 is 0.956. The van der Waals surface area contributed by atoms with Gasteiger partial charge in [0, 0.05) is 13.5 Å². The summed E-state index contributed by atoms with van der Waals surface area (Å²) in [6, 6.07) is -2.86. The van der Waals surface area contributed by atoms with Crippen LogP contribution in [0.5, 0.6) is 0 Å². The second-order valence-electron chi connectivity index (χ2n) is 9.59. The number of aromatic nitrogens is 1. The number of nitrogen functional groups attached to an aromatic ring is 1. The summed E-state index contributed by atoms with van der Waals surface area (Å²) in [5.41, 5.74) is 3.39. The van der Waals surface area contributed by atoms with Crippen LogP contribution in [0.4, 0.5) is 5.13 Å². The molecule has 206 valence electrons. The van der Waals surface area contributed by atoms with Crippen LogP contribution in [0.25, 0.3) is 0 Å². The van der Waals surface area contributed by atoms with Crippen molar-refractivity contribution in [3.8, 4) is 0 Å². The second-order valence-corrected chi connectivity index (χ2v) is 17.4. The Kier molecular flexibility index (Phi) is 9.05. The Bertz CT molecular complexity index is 1210. The molecule has 15 nitrogen and oxygen atoms in total. The predicted octanol–water partition coefficient (Wildman–Crippen LogP) is -0.223. The molecule has 0 bridgehead atoms. The largest absolute Gasteiger partial charge is 0.467 e. The molecule has 18 heteroatoms. The number of hydrogen-bond donors (Lipinski definition) is 3. The lowest BCUT2D eigenvalue weighted by molar-refractivity contribution is -0.167. The summed E-state index contributed by atoms with van der Waals surface area (Å²) < 4.78 is 41.8. The smallest absolute Gasteiger partial charge is 0.363 e. The van der Waals surface area contributed by atoms with Gasteiger partial charge in [0.25, 0.3) is 11.8 Å². The highest BCUT2D eigenvalue weighted by molar-refractivity contribution is 7.84. The van der Waals surface area contributed by atoms with Crippen molar-refractivity contribution in [1.82, 2.24) is 14.6 Å². The third-order valence-corrected chi connectivity index (χ3v) is 8.23. The Morgan fingerprint density at radius 3 is 2.43 bits per heavy atom. The van der Waals surface area contributed by atoms with Crippen LogP contribution in [0, 0.1) is 0 Å². The summed E-state index contributed by atoms with van der Waals surface area (Å²) in [5, 5.41) is 7.31. The maximum Gasteiger partial charge on any atom is 0.363 e. The summed E-state index contributed by atoms with van der Waals surface area (Å²) in [7, 11) is -5.65. The molecule has 2 atom stereocenters. The summed E-state index contributed by atoms with van der Waals surface area (Å²) in [5.74, 6) is -4.36. The molecule has 1 aromatic rings. The quantitative estimate of drug-likeness (QED) is 0.0774. The first-order valence-electron chi connectivity index (χ1n) is 10.7. The number of rotatable bonds is 11. The molecule has 2 heterocycles. The number of esters is 2. The Morgan fingerprint density at radius 2 is 1.95 bits per heavy atom. The number of anilines is 1. The molecular weight excluding hydrogens is 550 g/mol.